The average molecular weight is 250 g/mol. The molecule has 0 aromatic carbocycles. The number of likely N-dealkylation sites (tertiary alicyclic amines) is 1. The van der Waals surface area contributed by atoms with E-state index in [-0.39, 0.29) is 0 Å². The van der Waals surface area contributed by atoms with Crippen LogP contribution in [0.1, 0.15) is 51.4 Å². The highest BCUT2D eigenvalue weighted by atomic mass is 16.3. The number of hydrogen-bond donors (Lipinski definition) is 1. The summed E-state index contributed by atoms with van der Waals surface area (Å²) in [5.41, 5.74) is 1.26. The molecule has 0 radical (unpaired) electrons. The highest BCUT2D eigenvalue weighted by Crippen LogP contribution is 2.22. The zero-order valence-corrected chi connectivity index (χ0v) is 11.9. The van der Waals surface area contributed by atoms with Gasteiger partial charge in [0.1, 0.15) is 5.76 Å². The van der Waals surface area contributed by atoms with Gasteiger partial charge < -0.3 is 9.73 Å². The average Bonchev–Trinajstić information content (AvgIpc) is 2.96. The molecule has 1 aromatic rings. The third kappa shape index (κ3) is 3.59. The van der Waals surface area contributed by atoms with Crippen LogP contribution in [-0.2, 0) is 13.1 Å². The molecule has 0 spiro atoms. The first kappa shape index (κ1) is 13.6. The molecular weight excluding hydrogens is 224 g/mol. The Kier molecular flexibility index (Phi) is 4.84. The van der Waals surface area contributed by atoms with E-state index in [0.29, 0.717) is 6.04 Å². The molecule has 0 bridgehead atoms. The lowest BCUT2D eigenvalue weighted by atomic mass is 10.1. The van der Waals surface area contributed by atoms with Crippen molar-refractivity contribution in [1.29, 1.82) is 0 Å². The summed E-state index contributed by atoms with van der Waals surface area (Å²) in [6.45, 7) is 9.70. The van der Waals surface area contributed by atoms with E-state index >= 15 is 0 Å². The fourth-order valence-electron chi connectivity index (χ4n) is 2.69. The minimum absolute atomic E-state index is 0.520. The van der Waals surface area contributed by atoms with E-state index in [0.717, 1.165) is 24.9 Å². The molecule has 1 atom stereocenters. The molecule has 1 fully saturated rings. The van der Waals surface area contributed by atoms with Gasteiger partial charge in [-0.1, -0.05) is 20.8 Å². The Morgan fingerprint density at radius 3 is 3.06 bits per heavy atom. The lowest BCUT2D eigenvalue weighted by Gasteiger charge is -2.21. The largest absolute Gasteiger partial charge is 0.468 e. The molecule has 1 unspecified atom stereocenters. The molecule has 0 amide bonds. The fraction of sp³-hybridized carbons (Fsp3) is 0.733. The summed E-state index contributed by atoms with van der Waals surface area (Å²) in [4.78, 5) is 2.55. The lowest BCUT2D eigenvalue weighted by molar-refractivity contribution is 0.221. The van der Waals surface area contributed by atoms with Crippen LogP contribution in [0.25, 0.3) is 0 Å². The van der Waals surface area contributed by atoms with Crippen molar-refractivity contribution in [2.75, 3.05) is 6.54 Å². The maximum absolute atomic E-state index is 5.67. The van der Waals surface area contributed by atoms with Gasteiger partial charge in [-0.15, -0.1) is 0 Å². The summed E-state index contributed by atoms with van der Waals surface area (Å²) in [5, 5.41) is 3.42. The van der Waals surface area contributed by atoms with Gasteiger partial charge in [0.05, 0.1) is 12.8 Å². The van der Waals surface area contributed by atoms with Gasteiger partial charge in [0.25, 0.3) is 0 Å². The molecule has 1 N–H and O–H groups in total. The molecule has 1 aromatic heterocycles. The second-order valence-corrected chi connectivity index (χ2v) is 5.63. The van der Waals surface area contributed by atoms with Crippen LogP contribution >= 0.6 is 0 Å². The number of furan rings is 1. The molecule has 2 rings (SSSR count). The zero-order chi connectivity index (χ0) is 13.0. The topological polar surface area (TPSA) is 28.4 Å². The highest BCUT2D eigenvalue weighted by Gasteiger charge is 2.23. The SMILES string of the molecule is CCC1CCCN1Cc1cc(CNC(C)C)co1. The van der Waals surface area contributed by atoms with E-state index in [1.54, 1.807) is 0 Å². The first-order chi connectivity index (χ1) is 8.69. The highest BCUT2D eigenvalue weighted by molar-refractivity contribution is 5.13. The van der Waals surface area contributed by atoms with E-state index < -0.39 is 0 Å². The van der Waals surface area contributed by atoms with Crippen molar-refractivity contribution < 1.29 is 4.42 Å². The number of nitrogens with one attached hydrogen (secondary N) is 1. The summed E-state index contributed by atoms with van der Waals surface area (Å²) in [7, 11) is 0. The molecule has 1 aliphatic rings. The molecule has 1 aliphatic heterocycles. The molecule has 3 nitrogen and oxygen atoms in total. The molecule has 0 saturated carbocycles. The van der Waals surface area contributed by atoms with E-state index in [1.807, 2.05) is 6.26 Å². The van der Waals surface area contributed by atoms with Crippen molar-refractivity contribution in [3.05, 3.63) is 23.7 Å². The number of hydrogen-bond acceptors (Lipinski definition) is 3. The van der Waals surface area contributed by atoms with Gasteiger partial charge in [0.2, 0.25) is 0 Å². The van der Waals surface area contributed by atoms with Gasteiger partial charge in [-0.25, -0.2) is 0 Å². The van der Waals surface area contributed by atoms with Crippen molar-refractivity contribution in [3.63, 3.8) is 0 Å². The predicted molar refractivity (Wildman–Crippen MR) is 74.4 cm³/mol. The van der Waals surface area contributed by atoms with E-state index in [4.69, 9.17) is 4.42 Å². The summed E-state index contributed by atoms with van der Waals surface area (Å²) >= 11 is 0. The molecule has 1 saturated heterocycles. The standard InChI is InChI=1S/C15H26N2O/c1-4-14-6-5-7-17(14)10-15-8-13(11-18-15)9-16-12(2)3/h8,11-12,14,16H,4-7,9-10H2,1-3H3. The predicted octanol–water partition coefficient (Wildman–Crippen LogP) is 3.15. The van der Waals surface area contributed by atoms with E-state index in [1.165, 1.54) is 31.4 Å². The number of nitrogens with zero attached hydrogens (tertiary/aromatic N) is 1. The van der Waals surface area contributed by atoms with Gasteiger partial charge >= 0.3 is 0 Å². The minimum atomic E-state index is 0.520. The van der Waals surface area contributed by atoms with Gasteiger partial charge in [-0.2, -0.15) is 0 Å². The molecule has 102 valence electrons. The molecule has 3 heteroatoms. The zero-order valence-electron chi connectivity index (χ0n) is 11.9. The summed E-state index contributed by atoms with van der Waals surface area (Å²) in [5.74, 6) is 1.11. The quantitative estimate of drug-likeness (QED) is 0.840. The normalized spacial score (nSPS) is 21.0. The van der Waals surface area contributed by atoms with Crippen LogP contribution in [0, 0.1) is 0 Å². The van der Waals surface area contributed by atoms with Crippen LogP contribution in [0.5, 0.6) is 0 Å². The maximum Gasteiger partial charge on any atom is 0.118 e. The smallest absolute Gasteiger partial charge is 0.118 e. The molecule has 0 aliphatic carbocycles. The monoisotopic (exact) mass is 250 g/mol. The third-order valence-corrected chi connectivity index (χ3v) is 3.75. The second kappa shape index (κ2) is 6.39. The van der Waals surface area contributed by atoms with Crippen LogP contribution in [0.4, 0.5) is 0 Å². The lowest BCUT2D eigenvalue weighted by Crippen LogP contribution is -2.27. The Bertz CT molecular complexity index is 359. The third-order valence-electron chi connectivity index (χ3n) is 3.75. The Morgan fingerprint density at radius 2 is 2.33 bits per heavy atom. The minimum Gasteiger partial charge on any atom is -0.468 e. The van der Waals surface area contributed by atoms with Crippen molar-refractivity contribution in [3.8, 4) is 0 Å². The van der Waals surface area contributed by atoms with Crippen LogP contribution in [-0.4, -0.2) is 23.5 Å². The summed E-state index contributed by atoms with van der Waals surface area (Å²) in [6.07, 6.45) is 5.82. The van der Waals surface area contributed by atoms with Gasteiger partial charge in [-0.3, -0.25) is 4.90 Å². The van der Waals surface area contributed by atoms with Crippen LogP contribution in [0.2, 0.25) is 0 Å². The Morgan fingerprint density at radius 1 is 1.50 bits per heavy atom. The second-order valence-electron chi connectivity index (χ2n) is 5.63. The molecule has 18 heavy (non-hydrogen) atoms. The van der Waals surface area contributed by atoms with Crippen LogP contribution < -0.4 is 5.32 Å². The van der Waals surface area contributed by atoms with Gasteiger partial charge in [0.15, 0.2) is 0 Å². The van der Waals surface area contributed by atoms with E-state index in [9.17, 15) is 0 Å². The van der Waals surface area contributed by atoms with E-state index in [2.05, 4.69) is 37.1 Å². The first-order valence-electron chi connectivity index (χ1n) is 7.22. The van der Waals surface area contributed by atoms with Crippen molar-refractivity contribution in [2.24, 2.45) is 0 Å². The maximum atomic E-state index is 5.67. The summed E-state index contributed by atoms with van der Waals surface area (Å²) < 4.78 is 5.67. The fourth-order valence-corrected chi connectivity index (χ4v) is 2.69. The first-order valence-corrected chi connectivity index (χ1v) is 7.22. The van der Waals surface area contributed by atoms with Gasteiger partial charge in [0, 0.05) is 24.2 Å². The van der Waals surface area contributed by atoms with Crippen molar-refractivity contribution in [1.82, 2.24) is 10.2 Å². The van der Waals surface area contributed by atoms with Gasteiger partial charge in [-0.05, 0) is 31.9 Å². The molecular formula is C15H26N2O. The van der Waals surface area contributed by atoms with Crippen LogP contribution in [0.15, 0.2) is 16.7 Å². The van der Waals surface area contributed by atoms with Crippen molar-refractivity contribution >= 4 is 0 Å². The number of rotatable bonds is 6. The summed E-state index contributed by atoms with van der Waals surface area (Å²) in [6, 6.07) is 3.47. The molecule has 2 heterocycles. The van der Waals surface area contributed by atoms with Crippen LogP contribution in [0.3, 0.4) is 0 Å². The van der Waals surface area contributed by atoms with Crippen molar-refractivity contribution in [2.45, 2.75) is 65.2 Å². The Hall–Kier alpha value is -0.800. The Balaban J connectivity index is 1.86. The Labute approximate surface area is 111 Å².